The Hall–Kier alpha value is -2.49. The van der Waals surface area contributed by atoms with E-state index in [1.54, 1.807) is 6.07 Å². The van der Waals surface area contributed by atoms with E-state index in [-0.39, 0.29) is 5.91 Å². The lowest BCUT2D eigenvalue weighted by Gasteiger charge is -2.13. The predicted octanol–water partition coefficient (Wildman–Crippen LogP) is 4.43. The van der Waals surface area contributed by atoms with Crippen LogP contribution in [0.1, 0.15) is 36.2 Å². The number of para-hydroxylation sites is 2. The highest BCUT2D eigenvalue weighted by molar-refractivity contribution is 6.05. The Morgan fingerprint density at radius 2 is 1.83 bits per heavy atom. The topological polar surface area (TPSA) is 47.6 Å². The number of benzene rings is 2. The van der Waals surface area contributed by atoms with E-state index in [1.807, 2.05) is 57.2 Å². The standard InChI is InChI=1S/C19H23NO3/c1-4-12-23-18-9-7-6-8-16(18)20-19(21)15-10-11-17(22-5-2)14(3)13-15/h6-11,13H,4-5,12H2,1-3H3,(H,20,21). The van der Waals surface area contributed by atoms with E-state index < -0.39 is 0 Å². The molecule has 0 aliphatic carbocycles. The van der Waals surface area contributed by atoms with Gasteiger partial charge in [0.2, 0.25) is 0 Å². The third-order valence-electron chi connectivity index (χ3n) is 3.33. The van der Waals surface area contributed by atoms with Crippen LogP contribution in [0.25, 0.3) is 0 Å². The molecule has 0 saturated carbocycles. The minimum atomic E-state index is -0.163. The lowest BCUT2D eigenvalue weighted by atomic mass is 10.1. The van der Waals surface area contributed by atoms with Crippen LogP contribution in [0, 0.1) is 6.92 Å². The fourth-order valence-electron chi connectivity index (χ4n) is 2.21. The van der Waals surface area contributed by atoms with Gasteiger partial charge in [-0.05, 0) is 56.2 Å². The number of rotatable bonds is 7. The zero-order valence-corrected chi connectivity index (χ0v) is 13.9. The summed E-state index contributed by atoms with van der Waals surface area (Å²) in [4.78, 5) is 12.5. The number of anilines is 1. The van der Waals surface area contributed by atoms with Crippen LogP contribution in [-0.4, -0.2) is 19.1 Å². The van der Waals surface area contributed by atoms with Crippen LogP contribution in [0.15, 0.2) is 42.5 Å². The summed E-state index contributed by atoms with van der Waals surface area (Å²) in [6.45, 7) is 7.14. The minimum absolute atomic E-state index is 0.163. The van der Waals surface area contributed by atoms with E-state index in [0.29, 0.717) is 30.2 Å². The molecule has 0 saturated heterocycles. The van der Waals surface area contributed by atoms with Crippen LogP contribution in [0.2, 0.25) is 0 Å². The largest absolute Gasteiger partial charge is 0.494 e. The van der Waals surface area contributed by atoms with E-state index in [2.05, 4.69) is 5.32 Å². The van der Waals surface area contributed by atoms with E-state index >= 15 is 0 Å². The van der Waals surface area contributed by atoms with Crippen LogP contribution in [0.5, 0.6) is 11.5 Å². The first kappa shape index (κ1) is 16.9. The first-order valence-corrected chi connectivity index (χ1v) is 7.92. The molecule has 2 rings (SSSR count). The van der Waals surface area contributed by atoms with Crippen molar-refractivity contribution in [2.24, 2.45) is 0 Å². The Morgan fingerprint density at radius 3 is 2.52 bits per heavy atom. The fraction of sp³-hybridized carbons (Fsp3) is 0.316. The molecular weight excluding hydrogens is 290 g/mol. The molecule has 0 aliphatic rings. The van der Waals surface area contributed by atoms with Gasteiger partial charge in [-0.25, -0.2) is 0 Å². The van der Waals surface area contributed by atoms with Gasteiger partial charge in [0.15, 0.2) is 0 Å². The molecule has 0 spiro atoms. The minimum Gasteiger partial charge on any atom is -0.494 e. The molecule has 0 radical (unpaired) electrons. The van der Waals surface area contributed by atoms with Crippen molar-refractivity contribution < 1.29 is 14.3 Å². The molecule has 2 aromatic carbocycles. The summed E-state index contributed by atoms with van der Waals surface area (Å²) in [7, 11) is 0. The van der Waals surface area contributed by atoms with E-state index in [1.165, 1.54) is 0 Å². The summed E-state index contributed by atoms with van der Waals surface area (Å²) in [5, 5.41) is 2.91. The summed E-state index contributed by atoms with van der Waals surface area (Å²) in [5.74, 6) is 1.32. The van der Waals surface area contributed by atoms with Gasteiger partial charge in [0, 0.05) is 5.56 Å². The average molecular weight is 313 g/mol. The summed E-state index contributed by atoms with van der Waals surface area (Å²) < 4.78 is 11.2. The van der Waals surface area contributed by atoms with Gasteiger partial charge >= 0.3 is 0 Å². The van der Waals surface area contributed by atoms with E-state index in [0.717, 1.165) is 17.7 Å². The number of carbonyl (C=O) groups excluding carboxylic acids is 1. The van der Waals surface area contributed by atoms with Gasteiger partial charge in [0.05, 0.1) is 18.9 Å². The number of hydrogen-bond acceptors (Lipinski definition) is 3. The molecule has 1 N–H and O–H groups in total. The first-order chi connectivity index (χ1) is 11.2. The van der Waals surface area contributed by atoms with Gasteiger partial charge in [-0.1, -0.05) is 19.1 Å². The van der Waals surface area contributed by atoms with Crippen molar-refractivity contribution in [3.63, 3.8) is 0 Å². The van der Waals surface area contributed by atoms with Crippen molar-refractivity contribution in [3.05, 3.63) is 53.6 Å². The lowest BCUT2D eigenvalue weighted by molar-refractivity contribution is 0.102. The molecule has 0 aliphatic heterocycles. The van der Waals surface area contributed by atoms with E-state index in [9.17, 15) is 4.79 Å². The van der Waals surface area contributed by atoms with Crippen molar-refractivity contribution in [1.82, 2.24) is 0 Å². The highest BCUT2D eigenvalue weighted by atomic mass is 16.5. The summed E-state index contributed by atoms with van der Waals surface area (Å²) in [6, 6.07) is 12.9. The van der Waals surface area contributed by atoms with Crippen LogP contribution in [0.4, 0.5) is 5.69 Å². The fourth-order valence-corrected chi connectivity index (χ4v) is 2.21. The maximum absolute atomic E-state index is 12.5. The third-order valence-corrected chi connectivity index (χ3v) is 3.33. The maximum atomic E-state index is 12.5. The van der Waals surface area contributed by atoms with Crippen molar-refractivity contribution >= 4 is 11.6 Å². The molecule has 0 atom stereocenters. The van der Waals surface area contributed by atoms with Gasteiger partial charge in [0.1, 0.15) is 11.5 Å². The second-order valence-electron chi connectivity index (χ2n) is 5.21. The van der Waals surface area contributed by atoms with Crippen LogP contribution >= 0.6 is 0 Å². The molecule has 1 amide bonds. The Morgan fingerprint density at radius 1 is 1.04 bits per heavy atom. The second-order valence-corrected chi connectivity index (χ2v) is 5.21. The molecule has 4 heteroatoms. The second kappa shape index (κ2) is 8.22. The molecule has 23 heavy (non-hydrogen) atoms. The van der Waals surface area contributed by atoms with Gasteiger partial charge in [-0.3, -0.25) is 4.79 Å². The molecular formula is C19H23NO3. The van der Waals surface area contributed by atoms with Gasteiger partial charge < -0.3 is 14.8 Å². The number of carbonyl (C=O) groups is 1. The Balaban J connectivity index is 2.14. The average Bonchev–Trinajstić information content (AvgIpc) is 2.56. The lowest BCUT2D eigenvalue weighted by Crippen LogP contribution is -2.13. The Bertz CT molecular complexity index is 667. The number of aryl methyl sites for hydroxylation is 1. The maximum Gasteiger partial charge on any atom is 0.255 e. The number of nitrogens with one attached hydrogen (secondary N) is 1. The number of ether oxygens (including phenoxy) is 2. The SMILES string of the molecule is CCCOc1ccccc1NC(=O)c1ccc(OCC)c(C)c1. The van der Waals surface area contributed by atoms with E-state index in [4.69, 9.17) is 9.47 Å². The molecule has 4 nitrogen and oxygen atoms in total. The quantitative estimate of drug-likeness (QED) is 0.822. The zero-order chi connectivity index (χ0) is 16.7. The highest BCUT2D eigenvalue weighted by Gasteiger charge is 2.11. The zero-order valence-electron chi connectivity index (χ0n) is 13.9. The number of amides is 1. The van der Waals surface area contributed by atoms with Crippen LogP contribution in [0.3, 0.4) is 0 Å². The van der Waals surface area contributed by atoms with Crippen molar-refractivity contribution in [2.75, 3.05) is 18.5 Å². The molecule has 0 fully saturated rings. The Kier molecular flexibility index (Phi) is 6.03. The van der Waals surface area contributed by atoms with Gasteiger partial charge in [0.25, 0.3) is 5.91 Å². The van der Waals surface area contributed by atoms with Crippen LogP contribution < -0.4 is 14.8 Å². The molecule has 122 valence electrons. The Labute approximate surface area is 137 Å². The van der Waals surface area contributed by atoms with Crippen LogP contribution in [-0.2, 0) is 0 Å². The smallest absolute Gasteiger partial charge is 0.255 e. The van der Waals surface area contributed by atoms with Crippen molar-refractivity contribution in [2.45, 2.75) is 27.2 Å². The molecule has 0 aromatic heterocycles. The number of hydrogen-bond donors (Lipinski definition) is 1. The summed E-state index contributed by atoms with van der Waals surface area (Å²) in [5.41, 5.74) is 2.21. The van der Waals surface area contributed by atoms with Crippen molar-refractivity contribution in [3.8, 4) is 11.5 Å². The summed E-state index contributed by atoms with van der Waals surface area (Å²) in [6.07, 6.45) is 0.917. The molecule has 2 aromatic rings. The third kappa shape index (κ3) is 4.49. The van der Waals surface area contributed by atoms with Gasteiger partial charge in [-0.15, -0.1) is 0 Å². The predicted molar refractivity (Wildman–Crippen MR) is 92.5 cm³/mol. The molecule has 0 unspecified atom stereocenters. The van der Waals surface area contributed by atoms with Crippen molar-refractivity contribution in [1.29, 1.82) is 0 Å². The normalized spacial score (nSPS) is 10.2. The molecule has 0 bridgehead atoms. The molecule has 0 heterocycles. The first-order valence-electron chi connectivity index (χ1n) is 7.92. The summed E-state index contributed by atoms with van der Waals surface area (Å²) >= 11 is 0. The van der Waals surface area contributed by atoms with Gasteiger partial charge in [-0.2, -0.15) is 0 Å². The highest BCUT2D eigenvalue weighted by Crippen LogP contribution is 2.25. The monoisotopic (exact) mass is 313 g/mol.